The number of rotatable bonds is 2. The maximum Gasteiger partial charge on any atom is 0.253 e. The largest absolute Gasteiger partial charge is 0.399 e. The molecule has 1 fully saturated rings. The van der Waals surface area contributed by atoms with Crippen molar-refractivity contribution in [2.45, 2.75) is 39.2 Å². The third-order valence-corrected chi connectivity index (χ3v) is 3.34. The molecule has 1 aromatic rings. The van der Waals surface area contributed by atoms with Crippen LogP contribution in [0.2, 0.25) is 0 Å². The third kappa shape index (κ3) is 2.82. The molecule has 1 aliphatic rings. The predicted octanol–water partition coefficient (Wildman–Crippen LogP) is 2.39. The van der Waals surface area contributed by atoms with Gasteiger partial charge in [-0.1, -0.05) is 0 Å². The van der Waals surface area contributed by atoms with E-state index in [-0.39, 0.29) is 12.0 Å². The van der Waals surface area contributed by atoms with Crippen LogP contribution in [0.1, 0.15) is 30.4 Å². The van der Waals surface area contributed by atoms with Crippen molar-refractivity contribution in [2.75, 3.05) is 17.7 Å². The SMILES string of the molecule is Cc1cc(NC(=O)C2CCCCO2)c(C)cc1N. The molecule has 0 aliphatic carbocycles. The van der Waals surface area contributed by atoms with Gasteiger partial charge in [-0.2, -0.15) is 0 Å². The van der Waals surface area contributed by atoms with Crippen LogP contribution in [0.15, 0.2) is 12.1 Å². The fraction of sp³-hybridized carbons (Fsp3) is 0.500. The van der Waals surface area contributed by atoms with Gasteiger partial charge in [-0.3, -0.25) is 4.79 Å². The highest BCUT2D eigenvalue weighted by molar-refractivity contribution is 5.95. The minimum atomic E-state index is -0.309. The van der Waals surface area contributed by atoms with Crippen LogP contribution >= 0.6 is 0 Å². The number of benzene rings is 1. The van der Waals surface area contributed by atoms with Crippen molar-refractivity contribution < 1.29 is 9.53 Å². The van der Waals surface area contributed by atoms with Crippen molar-refractivity contribution in [1.82, 2.24) is 0 Å². The fourth-order valence-electron chi connectivity index (χ4n) is 2.13. The van der Waals surface area contributed by atoms with Crippen LogP contribution in [-0.2, 0) is 9.53 Å². The van der Waals surface area contributed by atoms with Crippen molar-refractivity contribution in [2.24, 2.45) is 0 Å². The maximum absolute atomic E-state index is 12.0. The summed E-state index contributed by atoms with van der Waals surface area (Å²) in [6, 6.07) is 3.79. The van der Waals surface area contributed by atoms with E-state index in [1.165, 1.54) is 0 Å². The van der Waals surface area contributed by atoms with Gasteiger partial charge in [-0.05, 0) is 56.4 Å². The van der Waals surface area contributed by atoms with Crippen LogP contribution in [0.3, 0.4) is 0 Å². The second-order valence-corrected chi connectivity index (χ2v) is 4.87. The number of amides is 1. The Morgan fingerprint density at radius 1 is 1.33 bits per heavy atom. The quantitative estimate of drug-likeness (QED) is 0.790. The Bertz CT molecular complexity index is 451. The van der Waals surface area contributed by atoms with Crippen LogP contribution in [0, 0.1) is 13.8 Å². The number of carbonyl (C=O) groups is 1. The fourth-order valence-corrected chi connectivity index (χ4v) is 2.13. The van der Waals surface area contributed by atoms with Crippen molar-refractivity contribution in [1.29, 1.82) is 0 Å². The van der Waals surface area contributed by atoms with Crippen LogP contribution < -0.4 is 11.1 Å². The summed E-state index contributed by atoms with van der Waals surface area (Å²) in [5.41, 5.74) is 9.34. The summed E-state index contributed by atoms with van der Waals surface area (Å²) in [7, 11) is 0. The minimum absolute atomic E-state index is 0.0537. The first-order valence-corrected chi connectivity index (χ1v) is 6.37. The number of nitrogens with one attached hydrogen (secondary N) is 1. The molecule has 0 radical (unpaired) electrons. The summed E-state index contributed by atoms with van der Waals surface area (Å²) in [4.78, 5) is 12.0. The van der Waals surface area contributed by atoms with Gasteiger partial charge in [0.05, 0.1) is 0 Å². The Morgan fingerprint density at radius 3 is 2.78 bits per heavy atom. The Hall–Kier alpha value is -1.55. The van der Waals surface area contributed by atoms with Gasteiger partial charge in [-0.15, -0.1) is 0 Å². The predicted molar refractivity (Wildman–Crippen MR) is 72.5 cm³/mol. The molecular formula is C14H20N2O2. The molecule has 2 rings (SSSR count). The first-order chi connectivity index (χ1) is 8.58. The zero-order valence-electron chi connectivity index (χ0n) is 11.0. The van der Waals surface area contributed by atoms with Gasteiger partial charge in [0.15, 0.2) is 0 Å². The third-order valence-electron chi connectivity index (χ3n) is 3.34. The van der Waals surface area contributed by atoms with Gasteiger partial charge in [0.1, 0.15) is 6.10 Å². The number of hydrogen-bond acceptors (Lipinski definition) is 3. The van der Waals surface area contributed by atoms with E-state index >= 15 is 0 Å². The molecule has 98 valence electrons. The summed E-state index contributed by atoms with van der Waals surface area (Å²) < 4.78 is 5.47. The summed E-state index contributed by atoms with van der Waals surface area (Å²) in [5.74, 6) is -0.0537. The zero-order valence-corrected chi connectivity index (χ0v) is 11.0. The number of nitrogen functional groups attached to an aromatic ring is 1. The number of hydrogen-bond donors (Lipinski definition) is 2. The summed E-state index contributed by atoms with van der Waals surface area (Å²) in [6.45, 7) is 4.55. The van der Waals surface area contributed by atoms with Gasteiger partial charge in [0, 0.05) is 18.0 Å². The van der Waals surface area contributed by atoms with E-state index in [0.717, 1.165) is 41.8 Å². The van der Waals surface area contributed by atoms with E-state index in [1.54, 1.807) is 0 Å². The average molecular weight is 248 g/mol. The molecule has 0 spiro atoms. The first-order valence-electron chi connectivity index (χ1n) is 6.37. The minimum Gasteiger partial charge on any atom is -0.399 e. The van der Waals surface area contributed by atoms with E-state index in [1.807, 2.05) is 26.0 Å². The summed E-state index contributed by atoms with van der Waals surface area (Å²) in [6.07, 6.45) is 2.59. The molecule has 1 saturated heterocycles. The van der Waals surface area contributed by atoms with Crippen molar-refractivity contribution in [3.8, 4) is 0 Å². The Kier molecular flexibility index (Phi) is 3.87. The highest BCUT2D eigenvalue weighted by Crippen LogP contribution is 2.23. The lowest BCUT2D eigenvalue weighted by molar-refractivity contribution is -0.129. The second-order valence-electron chi connectivity index (χ2n) is 4.87. The molecule has 18 heavy (non-hydrogen) atoms. The number of carbonyl (C=O) groups excluding carboxylic acids is 1. The van der Waals surface area contributed by atoms with Crippen molar-refractivity contribution >= 4 is 17.3 Å². The lowest BCUT2D eigenvalue weighted by Gasteiger charge is -2.22. The molecule has 0 bridgehead atoms. The number of ether oxygens (including phenoxy) is 1. The summed E-state index contributed by atoms with van der Waals surface area (Å²) in [5, 5.41) is 2.93. The zero-order chi connectivity index (χ0) is 13.1. The standard InChI is InChI=1S/C14H20N2O2/c1-9-8-12(10(2)7-11(9)15)16-14(17)13-5-3-4-6-18-13/h7-8,13H,3-6,15H2,1-2H3,(H,16,17). The van der Waals surface area contributed by atoms with E-state index in [2.05, 4.69) is 5.32 Å². The second kappa shape index (κ2) is 5.40. The molecule has 1 aliphatic heterocycles. The Balaban J connectivity index is 2.08. The molecule has 1 atom stereocenters. The van der Waals surface area contributed by atoms with Crippen molar-refractivity contribution in [3.05, 3.63) is 23.3 Å². The Labute approximate surface area is 108 Å². The van der Waals surface area contributed by atoms with Gasteiger partial charge < -0.3 is 15.8 Å². The molecule has 4 nitrogen and oxygen atoms in total. The molecule has 0 saturated carbocycles. The Morgan fingerprint density at radius 2 is 2.11 bits per heavy atom. The number of nitrogens with two attached hydrogens (primary N) is 1. The monoisotopic (exact) mass is 248 g/mol. The molecule has 1 unspecified atom stereocenters. The van der Waals surface area contributed by atoms with E-state index in [9.17, 15) is 4.79 Å². The van der Waals surface area contributed by atoms with Gasteiger partial charge in [0.25, 0.3) is 5.91 Å². The van der Waals surface area contributed by atoms with E-state index < -0.39 is 0 Å². The highest BCUT2D eigenvalue weighted by Gasteiger charge is 2.22. The number of anilines is 2. The van der Waals surface area contributed by atoms with Gasteiger partial charge in [0.2, 0.25) is 0 Å². The van der Waals surface area contributed by atoms with Crippen molar-refractivity contribution in [3.63, 3.8) is 0 Å². The maximum atomic E-state index is 12.0. The highest BCUT2D eigenvalue weighted by atomic mass is 16.5. The normalized spacial score (nSPS) is 19.6. The van der Waals surface area contributed by atoms with Gasteiger partial charge >= 0.3 is 0 Å². The molecular weight excluding hydrogens is 228 g/mol. The average Bonchev–Trinajstić information content (AvgIpc) is 2.37. The van der Waals surface area contributed by atoms with E-state index in [0.29, 0.717) is 6.61 Å². The smallest absolute Gasteiger partial charge is 0.253 e. The van der Waals surface area contributed by atoms with Crippen LogP contribution in [0.5, 0.6) is 0 Å². The summed E-state index contributed by atoms with van der Waals surface area (Å²) >= 11 is 0. The topological polar surface area (TPSA) is 64.3 Å². The number of aryl methyl sites for hydroxylation is 2. The lowest BCUT2D eigenvalue weighted by atomic mass is 10.1. The van der Waals surface area contributed by atoms with Crippen LogP contribution in [-0.4, -0.2) is 18.6 Å². The first kappa shape index (κ1) is 12.9. The van der Waals surface area contributed by atoms with E-state index in [4.69, 9.17) is 10.5 Å². The molecule has 0 aromatic heterocycles. The molecule has 4 heteroatoms. The molecule has 1 amide bonds. The van der Waals surface area contributed by atoms with Crippen LogP contribution in [0.25, 0.3) is 0 Å². The molecule has 3 N–H and O–H groups in total. The van der Waals surface area contributed by atoms with Gasteiger partial charge in [-0.25, -0.2) is 0 Å². The molecule has 1 aromatic carbocycles. The van der Waals surface area contributed by atoms with Crippen LogP contribution in [0.4, 0.5) is 11.4 Å². The lowest BCUT2D eigenvalue weighted by Crippen LogP contribution is -2.33. The molecule has 1 heterocycles.